The maximum Gasteiger partial charge on any atom is 0.295 e. The largest absolute Gasteiger partial charge is 0.345 e. The molecule has 31 heavy (non-hydrogen) atoms. The summed E-state index contributed by atoms with van der Waals surface area (Å²) in [7, 11) is 0. The average molecular weight is 423 g/mol. The fourth-order valence-electron chi connectivity index (χ4n) is 4.93. The van der Waals surface area contributed by atoms with E-state index in [0.29, 0.717) is 18.5 Å². The van der Waals surface area contributed by atoms with Gasteiger partial charge in [-0.15, -0.1) is 0 Å². The minimum Gasteiger partial charge on any atom is -0.345 e. The van der Waals surface area contributed by atoms with Gasteiger partial charge in [-0.1, -0.05) is 31.2 Å². The van der Waals surface area contributed by atoms with E-state index in [1.807, 2.05) is 36.4 Å². The fourth-order valence-corrected chi connectivity index (χ4v) is 4.93. The number of H-pyrrole nitrogens is 1. The van der Waals surface area contributed by atoms with Crippen molar-refractivity contribution in [3.63, 3.8) is 0 Å². The lowest BCUT2D eigenvalue weighted by Gasteiger charge is -2.29. The summed E-state index contributed by atoms with van der Waals surface area (Å²) in [5.74, 6) is -3.84. The van der Waals surface area contributed by atoms with E-state index in [1.165, 1.54) is 0 Å². The summed E-state index contributed by atoms with van der Waals surface area (Å²) in [6, 6.07) is 12.8. The van der Waals surface area contributed by atoms with Gasteiger partial charge in [-0.2, -0.15) is 0 Å². The van der Waals surface area contributed by atoms with E-state index >= 15 is 0 Å². The second-order valence-electron chi connectivity index (χ2n) is 8.67. The third kappa shape index (κ3) is 3.42. The second-order valence-corrected chi connectivity index (χ2v) is 8.67. The van der Waals surface area contributed by atoms with Gasteiger partial charge in [0.2, 0.25) is 11.7 Å². The number of amides is 1. The molecule has 2 aromatic carbocycles. The Morgan fingerprint density at radius 3 is 2.42 bits per heavy atom. The first-order valence-electron chi connectivity index (χ1n) is 10.6. The molecule has 2 unspecified atom stereocenters. The highest BCUT2D eigenvalue weighted by atomic mass is 19.3. The van der Waals surface area contributed by atoms with Crippen LogP contribution >= 0.6 is 0 Å². The standard InChI is InChI=1S/C24H23F2N3O2/c1-14-21(17-4-2-15(3-5-17)16-8-10-24(25,26)11-9-16)29(23(31)22(14)30)18-6-7-19-20(12-18)28-13-27-19/h2-7,12-14,16,21H,8-11H2,1H3,(H,27,28). The number of alkyl halides is 2. The average Bonchev–Trinajstić information content (AvgIpc) is 3.32. The SMILES string of the molecule is CC1C(=O)C(=O)N(c2ccc3nc[nH]c3c2)C1c1ccc(C2CCC(F)(F)CC2)cc1. The number of nitrogens with one attached hydrogen (secondary N) is 1. The number of benzene rings is 2. The van der Waals surface area contributed by atoms with Crippen LogP contribution in [0, 0.1) is 5.92 Å². The van der Waals surface area contributed by atoms with Crippen LogP contribution in [0.25, 0.3) is 11.0 Å². The molecule has 0 bridgehead atoms. The van der Waals surface area contributed by atoms with Gasteiger partial charge in [0.15, 0.2) is 0 Å². The van der Waals surface area contributed by atoms with E-state index in [0.717, 1.165) is 22.2 Å². The van der Waals surface area contributed by atoms with Gasteiger partial charge in [0.05, 0.1) is 23.4 Å². The van der Waals surface area contributed by atoms with Crippen LogP contribution in [0.4, 0.5) is 14.5 Å². The molecule has 1 aliphatic heterocycles. The van der Waals surface area contributed by atoms with E-state index < -0.39 is 29.6 Å². The van der Waals surface area contributed by atoms with Gasteiger partial charge >= 0.3 is 0 Å². The first kappa shape index (κ1) is 19.8. The number of ketones is 1. The van der Waals surface area contributed by atoms with Crippen molar-refractivity contribution in [2.75, 3.05) is 4.90 Å². The molecule has 3 aromatic rings. The van der Waals surface area contributed by atoms with Crippen LogP contribution in [0.3, 0.4) is 0 Å². The second kappa shape index (κ2) is 7.25. The Kier molecular flexibility index (Phi) is 4.64. The van der Waals surface area contributed by atoms with E-state index in [2.05, 4.69) is 9.97 Å². The summed E-state index contributed by atoms with van der Waals surface area (Å²) >= 11 is 0. The Morgan fingerprint density at radius 2 is 1.71 bits per heavy atom. The number of nitrogens with zero attached hydrogens (tertiary/aromatic N) is 2. The maximum atomic E-state index is 13.5. The molecule has 5 rings (SSSR count). The van der Waals surface area contributed by atoms with Crippen molar-refractivity contribution in [1.82, 2.24) is 9.97 Å². The Labute approximate surface area is 178 Å². The summed E-state index contributed by atoms with van der Waals surface area (Å²) in [5.41, 5.74) is 4.12. The third-order valence-electron chi connectivity index (χ3n) is 6.74. The molecular formula is C24H23F2N3O2. The zero-order chi connectivity index (χ0) is 21.8. The number of rotatable bonds is 3. The van der Waals surface area contributed by atoms with Crippen molar-refractivity contribution in [1.29, 1.82) is 0 Å². The van der Waals surface area contributed by atoms with E-state index in [4.69, 9.17) is 0 Å². The number of aromatic amines is 1. The van der Waals surface area contributed by atoms with Gasteiger partial charge in [0.25, 0.3) is 5.91 Å². The lowest BCUT2D eigenvalue weighted by molar-refractivity contribution is -0.135. The predicted octanol–water partition coefficient (Wildman–Crippen LogP) is 5.15. The molecule has 1 aliphatic carbocycles. The first-order valence-corrected chi connectivity index (χ1v) is 10.6. The van der Waals surface area contributed by atoms with Crippen LogP contribution < -0.4 is 4.90 Å². The third-order valence-corrected chi connectivity index (χ3v) is 6.74. The molecule has 7 heteroatoms. The molecule has 1 saturated heterocycles. The van der Waals surface area contributed by atoms with Crippen LogP contribution in [0.15, 0.2) is 48.8 Å². The number of aromatic nitrogens is 2. The highest BCUT2D eigenvalue weighted by Crippen LogP contribution is 2.43. The number of Topliss-reactive ketones (excluding diaryl/α,β-unsaturated/α-hetero) is 1. The highest BCUT2D eigenvalue weighted by Gasteiger charge is 2.46. The molecular weight excluding hydrogens is 400 g/mol. The van der Waals surface area contributed by atoms with Crippen molar-refractivity contribution in [3.05, 3.63) is 59.9 Å². The number of hydrogen-bond donors (Lipinski definition) is 1. The summed E-state index contributed by atoms with van der Waals surface area (Å²) in [4.78, 5) is 34.2. The molecule has 2 fully saturated rings. The van der Waals surface area contributed by atoms with Crippen molar-refractivity contribution in [2.24, 2.45) is 5.92 Å². The molecule has 1 aromatic heterocycles. The minimum absolute atomic E-state index is 0.0774. The molecule has 1 N–H and O–H groups in total. The van der Waals surface area contributed by atoms with Gasteiger partial charge in [0.1, 0.15) is 0 Å². The molecule has 0 spiro atoms. The summed E-state index contributed by atoms with van der Waals surface area (Å²) < 4.78 is 27.0. The van der Waals surface area contributed by atoms with Gasteiger partial charge in [0, 0.05) is 24.4 Å². The van der Waals surface area contributed by atoms with Crippen LogP contribution in [-0.4, -0.2) is 27.6 Å². The Hall–Kier alpha value is -3.09. The van der Waals surface area contributed by atoms with Crippen LogP contribution in [0.2, 0.25) is 0 Å². The van der Waals surface area contributed by atoms with Crippen molar-refractivity contribution in [3.8, 4) is 0 Å². The Bertz CT molecular complexity index is 1150. The van der Waals surface area contributed by atoms with E-state index in [1.54, 1.807) is 24.2 Å². The number of imidazole rings is 1. The molecule has 2 atom stereocenters. The summed E-state index contributed by atoms with van der Waals surface area (Å²) in [6.07, 6.45) is 2.38. The number of fused-ring (bicyclic) bond motifs is 1. The van der Waals surface area contributed by atoms with Crippen LogP contribution in [0.5, 0.6) is 0 Å². The van der Waals surface area contributed by atoms with Crippen molar-refractivity contribution in [2.45, 2.75) is 50.5 Å². The van der Waals surface area contributed by atoms with Crippen LogP contribution in [0.1, 0.15) is 55.7 Å². The minimum atomic E-state index is -2.55. The monoisotopic (exact) mass is 423 g/mol. The van der Waals surface area contributed by atoms with E-state index in [-0.39, 0.29) is 18.8 Å². The fraction of sp³-hybridized carbons (Fsp3) is 0.375. The molecule has 1 saturated carbocycles. The molecule has 160 valence electrons. The normalized spacial score (nSPS) is 24.3. The number of hydrogen-bond acceptors (Lipinski definition) is 3. The Morgan fingerprint density at radius 1 is 1.03 bits per heavy atom. The number of carbonyl (C=O) groups excluding carboxylic acids is 2. The predicted molar refractivity (Wildman–Crippen MR) is 113 cm³/mol. The number of halogens is 2. The van der Waals surface area contributed by atoms with Crippen LogP contribution in [-0.2, 0) is 9.59 Å². The highest BCUT2D eigenvalue weighted by molar-refractivity contribution is 6.44. The van der Waals surface area contributed by atoms with Crippen molar-refractivity contribution < 1.29 is 18.4 Å². The molecule has 1 amide bonds. The first-order chi connectivity index (χ1) is 14.8. The zero-order valence-corrected chi connectivity index (χ0v) is 17.1. The van der Waals surface area contributed by atoms with Gasteiger partial charge in [-0.05, 0) is 48.1 Å². The smallest absolute Gasteiger partial charge is 0.295 e. The maximum absolute atomic E-state index is 13.5. The summed E-state index contributed by atoms with van der Waals surface area (Å²) in [6.45, 7) is 1.77. The van der Waals surface area contributed by atoms with Crippen molar-refractivity contribution >= 4 is 28.4 Å². The zero-order valence-electron chi connectivity index (χ0n) is 17.1. The van der Waals surface area contributed by atoms with E-state index in [9.17, 15) is 18.4 Å². The topological polar surface area (TPSA) is 66.1 Å². The number of anilines is 1. The van der Waals surface area contributed by atoms with Gasteiger partial charge < -0.3 is 4.98 Å². The molecule has 5 nitrogen and oxygen atoms in total. The Balaban J connectivity index is 1.45. The van der Waals surface area contributed by atoms with Gasteiger partial charge in [-0.3, -0.25) is 14.5 Å². The molecule has 0 radical (unpaired) electrons. The molecule has 2 heterocycles. The van der Waals surface area contributed by atoms with Gasteiger partial charge in [-0.25, -0.2) is 13.8 Å². The lowest BCUT2D eigenvalue weighted by atomic mass is 9.81. The number of carbonyl (C=O) groups is 2. The molecule has 2 aliphatic rings. The lowest BCUT2D eigenvalue weighted by Crippen LogP contribution is -2.29. The summed E-state index contributed by atoms with van der Waals surface area (Å²) in [5, 5.41) is 0. The quantitative estimate of drug-likeness (QED) is 0.593.